The summed E-state index contributed by atoms with van der Waals surface area (Å²) < 4.78 is 52.3. The van der Waals surface area contributed by atoms with E-state index in [0.29, 0.717) is 11.3 Å². The van der Waals surface area contributed by atoms with Crippen LogP contribution < -0.4 is 10.6 Å². The first-order chi connectivity index (χ1) is 10.5. The number of carbonyl (C=O) groups excluding carboxylic acids is 1. The van der Waals surface area contributed by atoms with Gasteiger partial charge in [0.15, 0.2) is 0 Å². The van der Waals surface area contributed by atoms with Crippen molar-refractivity contribution in [2.24, 2.45) is 0 Å². The topological polar surface area (TPSA) is 54.0 Å². The Morgan fingerprint density at radius 2 is 1.82 bits per heavy atom. The van der Waals surface area contributed by atoms with Crippen LogP contribution in [0.5, 0.6) is 0 Å². The van der Waals surface area contributed by atoms with Gasteiger partial charge in [0.2, 0.25) is 11.6 Å². The number of hydrogen-bond acceptors (Lipinski definition) is 4. The molecule has 2 N–H and O–H groups in total. The summed E-state index contributed by atoms with van der Waals surface area (Å²) >= 11 is 1.28. The van der Waals surface area contributed by atoms with Gasteiger partial charge in [-0.1, -0.05) is 6.07 Å². The van der Waals surface area contributed by atoms with Crippen molar-refractivity contribution in [1.82, 2.24) is 10.3 Å². The van der Waals surface area contributed by atoms with Crippen LogP contribution in [0, 0.1) is 23.5 Å². The lowest BCUT2D eigenvalue weighted by Gasteiger charge is -2.09. The molecule has 2 heterocycles. The highest BCUT2D eigenvalue weighted by molar-refractivity contribution is 7.12. The van der Waals surface area contributed by atoms with Gasteiger partial charge in [0.25, 0.3) is 17.8 Å². The summed E-state index contributed by atoms with van der Waals surface area (Å²) in [6.45, 7) is 0.254. The number of carbonyl (C=O) groups is 1. The van der Waals surface area contributed by atoms with Crippen LogP contribution in [0.15, 0.2) is 17.5 Å². The Labute approximate surface area is 127 Å². The molecule has 0 aliphatic carbocycles. The molecule has 0 aromatic carbocycles. The normalized spacial score (nSPS) is 10.5. The second-order valence-electron chi connectivity index (χ2n) is 4.21. The first kappa shape index (κ1) is 16.2. The third-order valence-corrected chi connectivity index (χ3v) is 3.55. The van der Waals surface area contributed by atoms with E-state index in [2.05, 4.69) is 15.6 Å². The number of aromatic nitrogens is 1. The summed E-state index contributed by atoms with van der Waals surface area (Å²) in [6, 6.07) is 3.39. The fourth-order valence-electron chi connectivity index (χ4n) is 1.64. The Bertz CT molecular complexity index is 638. The van der Waals surface area contributed by atoms with Gasteiger partial charge in [0, 0.05) is 13.1 Å². The second-order valence-corrected chi connectivity index (χ2v) is 5.16. The van der Waals surface area contributed by atoms with Gasteiger partial charge in [-0.2, -0.15) is 22.5 Å². The van der Waals surface area contributed by atoms with E-state index in [1.54, 1.807) is 17.5 Å². The summed E-state index contributed by atoms with van der Waals surface area (Å²) in [5.41, 5.74) is -0.908. The standard InChI is InChI=1S/C13H11F4N3OS/c14-8-10(9(15)12(17)20-11(8)16)18-4-2-5-19-13(21)7-3-1-6-22-7/h1,3,6H,2,4-5H2,(H,18,20)(H,19,21). The Kier molecular flexibility index (Phi) is 5.31. The van der Waals surface area contributed by atoms with Crippen molar-refractivity contribution in [3.63, 3.8) is 0 Å². The van der Waals surface area contributed by atoms with E-state index in [0.717, 1.165) is 0 Å². The molecule has 9 heteroatoms. The molecule has 0 saturated carbocycles. The number of pyridine rings is 1. The maximum atomic E-state index is 13.3. The molecule has 0 radical (unpaired) electrons. The van der Waals surface area contributed by atoms with E-state index in [4.69, 9.17) is 0 Å². The van der Waals surface area contributed by atoms with E-state index in [-0.39, 0.29) is 19.0 Å². The van der Waals surface area contributed by atoms with Crippen molar-refractivity contribution in [3.05, 3.63) is 45.9 Å². The van der Waals surface area contributed by atoms with Gasteiger partial charge in [-0.15, -0.1) is 11.3 Å². The molecule has 118 valence electrons. The number of thiophene rings is 1. The highest BCUT2D eigenvalue weighted by Crippen LogP contribution is 2.21. The minimum absolute atomic E-state index is 0.0153. The number of anilines is 1. The largest absolute Gasteiger partial charge is 0.380 e. The fraction of sp³-hybridized carbons (Fsp3) is 0.231. The maximum absolute atomic E-state index is 13.3. The molecule has 2 aromatic heterocycles. The van der Waals surface area contributed by atoms with Crippen LogP contribution in [0.1, 0.15) is 16.1 Å². The van der Waals surface area contributed by atoms with Crippen LogP contribution in [0.25, 0.3) is 0 Å². The molecule has 0 aliphatic rings. The van der Waals surface area contributed by atoms with Gasteiger partial charge in [0.05, 0.1) is 4.88 Å². The summed E-state index contributed by atoms with van der Waals surface area (Å²) in [5, 5.41) is 6.62. The molecule has 22 heavy (non-hydrogen) atoms. The minimum atomic E-state index is -1.72. The molecular weight excluding hydrogens is 322 g/mol. The summed E-state index contributed by atoms with van der Waals surface area (Å²) in [5.74, 6) is -6.85. The zero-order chi connectivity index (χ0) is 16.1. The van der Waals surface area contributed by atoms with Crippen LogP contribution in [0.3, 0.4) is 0 Å². The molecule has 1 amide bonds. The minimum Gasteiger partial charge on any atom is -0.380 e. The number of rotatable bonds is 6. The smallest absolute Gasteiger partial charge is 0.261 e. The van der Waals surface area contributed by atoms with Gasteiger partial charge in [0.1, 0.15) is 5.69 Å². The average Bonchev–Trinajstić information content (AvgIpc) is 3.02. The molecule has 0 fully saturated rings. The zero-order valence-electron chi connectivity index (χ0n) is 11.1. The van der Waals surface area contributed by atoms with Crippen LogP contribution >= 0.6 is 11.3 Å². The summed E-state index contributed by atoms with van der Waals surface area (Å²) in [7, 11) is 0. The van der Waals surface area contributed by atoms with Crippen LogP contribution in [0.4, 0.5) is 23.2 Å². The lowest BCUT2D eigenvalue weighted by Crippen LogP contribution is -2.25. The Hall–Kier alpha value is -2.16. The first-order valence-corrected chi connectivity index (χ1v) is 7.14. The fourth-order valence-corrected chi connectivity index (χ4v) is 2.28. The van der Waals surface area contributed by atoms with E-state index in [9.17, 15) is 22.4 Å². The maximum Gasteiger partial charge on any atom is 0.261 e. The van der Waals surface area contributed by atoms with Crippen LogP contribution in [-0.2, 0) is 0 Å². The Morgan fingerprint density at radius 3 is 2.41 bits per heavy atom. The molecule has 0 spiro atoms. The molecule has 4 nitrogen and oxygen atoms in total. The number of nitrogens with zero attached hydrogens (tertiary/aromatic N) is 1. The van der Waals surface area contributed by atoms with Gasteiger partial charge in [-0.05, 0) is 17.9 Å². The molecule has 2 aromatic rings. The Balaban J connectivity index is 1.81. The highest BCUT2D eigenvalue weighted by Gasteiger charge is 2.20. The third kappa shape index (κ3) is 3.73. The predicted octanol–water partition coefficient (Wildman–Crippen LogP) is 2.93. The molecule has 0 saturated heterocycles. The zero-order valence-corrected chi connectivity index (χ0v) is 11.9. The summed E-state index contributed by atoms with van der Waals surface area (Å²) in [6.07, 6.45) is 0.307. The van der Waals surface area contributed by atoms with Crippen molar-refractivity contribution in [2.75, 3.05) is 18.4 Å². The molecule has 0 bridgehead atoms. The monoisotopic (exact) mass is 333 g/mol. The van der Waals surface area contributed by atoms with Crippen molar-refractivity contribution in [2.45, 2.75) is 6.42 Å². The Morgan fingerprint density at radius 1 is 1.14 bits per heavy atom. The summed E-state index contributed by atoms with van der Waals surface area (Å²) in [4.78, 5) is 14.6. The van der Waals surface area contributed by atoms with Gasteiger partial charge in [-0.3, -0.25) is 4.79 Å². The van der Waals surface area contributed by atoms with E-state index >= 15 is 0 Å². The molecule has 0 aliphatic heterocycles. The first-order valence-electron chi connectivity index (χ1n) is 6.26. The number of amides is 1. The van der Waals surface area contributed by atoms with E-state index in [1.165, 1.54) is 11.3 Å². The van der Waals surface area contributed by atoms with Crippen molar-refractivity contribution in [3.8, 4) is 0 Å². The molecule has 0 unspecified atom stereocenters. The van der Waals surface area contributed by atoms with Crippen molar-refractivity contribution < 1.29 is 22.4 Å². The third-order valence-electron chi connectivity index (χ3n) is 2.68. The number of nitrogens with one attached hydrogen (secondary N) is 2. The number of halogens is 4. The molecule has 2 rings (SSSR count). The van der Waals surface area contributed by atoms with Gasteiger partial charge < -0.3 is 10.6 Å². The number of hydrogen-bond donors (Lipinski definition) is 2. The average molecular weight is 333 g/mol. The second kappa shape index (κ2) is 7.21. The van der Waals surface area contributed by atoms with Gasteiger partial charge in [-0.25, -0.2) is 0 Å². The van der Waals surface area contributed by atoms with E-state index in [1.807, 2.05) is 0 Å². The van der Waals surface area contributed by atoms with Crippen molar-refractivity contribution in [1.29, 1.82) is 0 Å². The lowest BCUT2D eigenvalue weighted by atomic mass is 10.3. The van der Waals surface area contributed by atoms with E-state index < -0.39 is 29.2 Å². The highest BCUT2D eigenvalue weighted by atomic mass is 32.1. The SMILES string of the molecule is O=C(NCCCNc1c(F)c(F)nc(F)c1F)c1cccs1. The van der Waals surface area contributed by atoms with Crippen LogP contribution in [-0.4, -0.2) is 24.0 Å². The van der Waals surface area contributed by atoms with Crippen LogP contribution in [0.2, 0.25) is 0 Å². The van der Waals surface area contributed by atoms with Gasteiger partial charge >= 0.3 is 0 Å². The molecular formula is C13H11F4N3OS. The quantitative estimate of drug-likeness (QED) is 0.485. The van der Waals surface area contributed by atoms with Crippen molar-refractivity contribution >= 4 is 22.9 Å². The lowest BCUT2D eigenvalue weighted by molar-refractivity contribution is 0.0957. The molecule has 0 atom stereocenters. The predicted molar refractivity (Wildman–Crippen MR) is 73.8 cm³/mol.